The fourth-order valence-corrected chi connectivity index (χ4v) is 2.30. The second-order valence-corrected chi connectivity index (χ2v) is 5.04. The quantitative estimate of drug-likeness (QED) is 0.770. The summed E-state index contributed by atoms with van der Waals surface area (Å²) in [5, 5.41) is 0. The Morgan fingerprint density at radius 1 is 1.06 bits per heavy atom. The van der Waals surface area contributed by atoms with Gasteiger partial charge in [-0.25, -0.2) is 0 Å². The van der Waals surface area contributed by atoms with Crippen molar-refractivity contribution in [2.75, 3.05) is 0 Å². The molecule has 1 unspecified atom stereocenters. The highest BCUT2D eigenvalue weighted by atomic mass is 79.9. The Morgan fingerprint density at radius 3 is 2.31 bits per heavy atom. The van der Waals surface area contributed by atoms with E-state index >= 15 is 0 Å². The lowest BCUT2D eigenvalue weighted by atomic mass is 10.0. The highest BCUT2D eigenvalue weighted by Gasteiger charge is 2.07. The molecular formula is C14H14BrN. The van der Waals surface area contributed by atoms with Crippen molar-refractivity contribution in [3.8, 4) is 0 Å². The minimum atomic E-state index is 0.371. The minimum Gasteiger partial charge on any atom is -0.265 e. The Bertz CT molecular complexity index is 436. The lowest BCUT2D eigenvalue weighted by molar-refractivity contribution is 0.943. The molecule has 2 rings (SSSR count). The maximum Gasteiger partial charge on any atom is 0.0435 e. The molecule has 82 valence electrons. The van der Waals surface area contributed by atoms with Crippen molar-refractivity contribution in [2.24, 2.45) is 0 Å². The van der Waals surface area contributed by atoms with Gasteiger partial charge < -0.3 is 0 Å². The number of rotatable bonds is 3. The third-order valence-corrected chi connectivity index (χ3v) is 3.46. The molecule has 1 aromatic carbocycles. The van der Waals surface area contributed by atoms with Crippen molar-refractivity contribution >= 4 is 15.9 Å². The normalized spacial score (nSPS) is 12.4. The Kier molecular flexibility index (Phi) is 3.73. The van der Waals surface area contributed by atoms with E-state index in [1.165, 1.54) is 16.7 Å². The summed E-state index contributed by atoms with van der Waals surface area (Å²) in [6, 6.07) is 12.8. The molecule has 0 spiro atoms. The number of hydrogen-bond donors (Lipinski definition) is 0. The molecule has 0 N–H and O–H groups in total. The summed E-state index contributed by atoms with van der Waals surface area (Å²) in [5.74, 6) is 0. The van der Waals surface area contributed by atoms with E-state index in [9.17, 15) is 0 Å². The van der Waals surface area contributed by atoms with Crippen LogP contribution in [-0.4, -0.2) is 4.98 Å². The molecule has 1 atom stereocenters. The molecule has 0 bridgehead atoms. The molecule has 0 amide bonds. The van der Waals surface area contributed by atoms with E-state index in [1.807, 2.05) is 12.4 Å². The first-order chi connectivity index (χ1) is 7.75. The van der Waals surface area contributed by atoms with Crippen LogP contribution in [0.2, 0.25) is 0 Å². The summed E-state index contributed by atoms with van der Waals surface area (Å²) in [6.45, 7) is 2.11. The second-order valence-electron chi connectivity index (χ2n) is 3.94. The molecule has 0 aliphatic carbocycles. The zero-order chi connectivity index (χ0) is 11.4. The Hall–Kier alpha value is -1.15. The topological polar surface area (TPSA) is 12.9 Å². The smallest absolute Gasteiger partial charge is 0.0435 e. The van der Waals surface area contributed by atoms with Gasteiger partial charge in [0.2, 0.25) is 0 Å². The molecule has 0 aliphatic heterocycles. The van der Waals surface area contributed by atoms with E-state index in [0.29, 0.717) is 4.83 Å². The van der Waals surface area contributed by atoms with Gasteiger partial charge in [-0.2, -0.15) is 0 Å². The van der Waals surface area contributed by atoms with E-state index in [1.54, 1.807) is 0 Å². The van der Waals surface area contributed by atoms with E-state index in [4.69, 9.17) is 0 Å². The van der Waals surface area contributed by atoms with Gasteiger partial charge in [-0.3, -0.25) is 4.98 Å². The third-order valence-electron chi connectivity index (χ3n) is 2.60. The van der Waals surface area contributed by atoms with E-state index < -0.39 is 0 Å². The van der Waals surface area contributed by atoms with Crippen molar-refractivity contribution in [1.82, 2.24) is 4.98 Å². The molecular weight excluding hydrogens is 262 g/mol. The van der Waals surface area contributed by atoms with Crippen LogP contribution in [0, 0.1) is 6.92 Å². The number of halogens is 1. The number of aryl methyl sites for hydroxylation is 1. The highest BCUT2D eigenvalue weighted by molar-refractivity contribution is 9.09. The summed E-state index contributed by atoms with van der Waals surface area (Å²) in [4.78, 5) is 4.39. The van der Waals surface area contributed by atoms with Gasteiger partial charge in [0.15, 0.2) is 0 Å². The average Bonchev–Trinajstić information content (AvgIpc) is 2.31. The van der Waals surface area contributed by atoms with Gasteiger partial charge in [0, 0.05) is 17.2 Å². The molecule has 0 radical (unpaired) electrons. The van der Waals surface area contributed by atoms with Crippen LogP contribution < -0.4 is 0 Å². The summed E-state index contributed by atoms with van der Waals surface area (Å²) >= 11 is 3.73. The minimum absolute atomic E-state index is 0.371. The fraction of sp³-hybridized carbons (Fsp3) is 0.214. The Morgan fingerprint density at radius 2 is 1.69 bits per heavy atom. The largest absolute Gasteiger partial charge is 0.265 e. The average molecular weight is 276 g/mol. The van der Waals surface area contributed by atoms with E-state index in [2.05, 4.69) is 64.2 Å². The fourth-order valence-electron chi connectivity index (χ4n) is 1.62. The molecule has 16 heavy (non-hydrogen) atoms. The van der Waals surface area contributed by atoms with Crippen LogP contribution in [0.1, 0.15) is 21.5 Å². The van der Waals surface area contributed by atoms with E-state index in [0.717, 1.165) is 6.42 Å². The first-order valence-electron chi connectivity index (χ1n) is 5.35. The van der Waals surface area contributed by atoms with Gasteiger partial charge in [0.05, 0.1) is 0 Å². The third kappa shape index (κ3) is 2.92. The molecule has 0 saturated heterocycles. The van der Waals surface area contributed by atoms with Gasteiger partial charge >= 0.3 is 0 Å². The van der Waals surface area contributed by atoms with Crippen molar-refractivity contribution in [3.05, 3.63) is 65.5 Å². The van der Waals surface area contributed by atoms with Gasteiger partial charge in [0.25, 0.3) is 0 Å². The molecule has 0 aliphatic rings. The summed E-state index contributed by atoms with van der Waals surface area (Å²) in [5.41, 5.74) is 3.92. The summed E-state index contributed by atoms with van der Waals surface area (Å²) < 4.78 is 0. The van der Waals surface area contributed by atoms with Crippen molar-refractivity contribution in [1.29, 1.82) is 0 Å². The lowest BCUT2D eigenvalue weighted by Crippen LogP contribution is -1.95. The monoisotopic (exact) mass is 275 g/mol. The molecule has 2 heteroatoms. The highest BCUT2D eigenvalue weighted by Crippen LogP contribution is 2.26. The van der Waals surface area contributed by atoms with Gasteiger partial charge in [-0.1, -0.05) is 45.8 Å². The van der Waals surface area contributed by atoms with Crippen LogP contribution in [0.3, 0.4) is 0 Å². The molecule has 0 fully saturated rings. The van der Waals surface area contributed by atoms with Gasteiger partial charge in [-0.05, 0) is 36.6 Å². The van der Waals surface area contributed by atoms with Gasteiger partial charge in [0.1, 0.15) is 0 Å². The van der Waals surface area contributed by atoms with E-state index in [-0.39, 0.29) is 0 Å². The zero-order valence-electron chi connectivity index (χ0n) is 9.23. The summed E-state index contributed by atoms with van der Waals surface area (Å²) in [7, 11) is 0. The predicted molar refractivity (Wildman–Crippen MR) is 70.8 cm³/mol. The molecule has 1 heterocycles. The number of hydrogen-bond acceptors (Lipinski definition) is 1. The first kappa shape index (κ1) is 11.3. The first-order valence-corrected chi connectivity index (χ1v) is 6.27. The van der Waals surface area contributed by atoms with Crippen molar-refractivity contribution in [3.63, 3.8) is 0 Å². The molecule has 2 aromatic rings. The van der Waals surface area contributed by atoms with Crippen LogP contribution in [0.4, 0.5) is 0 Å². The van der Waals surface area contributed by atoms with Crippen LogP contribution in [0.25, 0.3) is 0 Å². The summed E-state index contributed by atoms with van der Waals surface area (Å²) in [6.07, 6.45) is 4.67. The van der Waals surface area contributed by atoms with Crippen LogP contribution in [-0.2, 0) is 6.42 Å². The predicted octanol–water partition coefficient (Wildman–Crippen LogP) is 4.07. The SMILES string of the molecule is Cc1ccc(C(Br)Cc2ccncc2)cc1. The molecule has 0 saturated carbocycles. The number of pyridine rings is 1. The number of nitrogens with zero attached hydrogens (tertiary/aromatic N) is 1. The number of benzene rings is 1. The number of alkyl halides is 1. The van der Waals surface area contributed by atoms with Crippen LogP contribution in [0.5, 0.6) is 0 Å². The standard InChI is InChI=1S/C14H14BrN/c1-11-2-4-13(5-3-11)14(15)10-12-6-8-16-9-7-12/h2-9,14H,10H2,1H3. The van der Waals surface area contributed by atoms with Crippen molar-refractivity contribution < 1.29 is 0 Å². The van der Waals surface area contributed by atoms with Crippen LogP contribution in [0.15, 0.2) is 48.8 Å². The zero-order valence-corrected chi connectivity index (χ0v) is 10.8. The molecule has 1 aromatic heterocycles. The molecule has 1 nitrogen and oxygen atoms in total. The maximum atomic E-state index is 4.02. The van der Waals surface area contributed by atoms with Gasteiger partial charge in [-0.15, -0.1) is 0 Å². The van der Waals surface area contributed by atoms with Crippen LogP contribution >= 0.6 is 15.9 Å². The Balaban J connectivity index is 2.09. The number of aromatic nitrogens is 1. The lowest BCUT2D eigenvalue weighted by Gasteiger charge is -2.10. The Labute approximate surface area is 105 Å². The second kappa shape index (κ2) is 5.26. The maximum absolute atomic E-state index is 4.02. The van der Waals surface area contributed by atoms with Crippen molar-refractivity contribution in [2.45, 2.75) is 18.2 Å².